The van der Waals surface area contributed by atoms with Crippen molar-refractivity contribution in [1.29, 1.82) is 0 Å². The van der Waals surface area contributed by atoms with E-state index in [1.54, 1.807) is 24.3 Å². The van der Waals surface area contributed by atoms with Gasteiger partial charge in [0.25, 0.3) is 0 Å². The molecule has 1 aromatic rings. The maximum absolute atomic E-state index is 13.3. The number of rotatable bonds is 2. The van der Waals surface area contributed by atoms with Crippen LogP contribution in [0.3, 0.4) is 0 Å². The van der Waals surface area contributed by atoms with Crippen molar-refractivity contribution in [1.82, 2.24) is 0 Å². The SMILES string of the molecule is COC(C)(F)c1ccccc1. The van der Waals surface area contributed by atoms with Gasteiger partial charge < -0.3 is 4.74 Å². The van der Waals surface area contributed by atoms with Gasteiger partial charge >= 0.3 is 0 Å². The third-order valence-electron chi connectivity index (χ3n) is 1.67. The minimum absolute atomic E-state index is 0.544. The Labute approximate surface area is 65.8 Å². The van der Waals surface area contributed by atoms with E-state index in [-0.39, 0.29) is 0 Å². The number of ether oxygens (including phenoxy) is 1. The molecule has 0 aliphatic rings. The summed E-state index contributed by atoms with van der Waals surface area (Å²) in [6, 6.07) is 8.81. The van der Waals surface area contributed by atoms with Crippen LogP contribution in [0.15, 0.2) is 30.3 Å². The minimum atomic E-state index is -1.67. The van der Waals surface area contributed by atoms with Crippen LogP contribution in [0.2, 0.25) is 0 Å². The van der Waals surface area contributed by atoms with Crippen molar-refractivity contribution in [3.05, 3.63) is 35.9 Å². The highest BCUT2D eigenvalue weighted by atomic mass is 19.2. The molecule has 60 valence electrons. The fourth-order valence-corrected chi connectivity index (χ4v) is 0.854. The highest BCUT2D eigenvalue weighted by Crippen LogP contribution is 2.24. The van der Waals surface area contributed by atoms with E-state index in [1.165, 1.54) is 14.0 Å². The summed E-state index contributed by atoms with van der Waals surface area (Å²) in [5.74, 6) is -1.67. The second-order valence-electron chi connectivity index (χ2n) is 2.49. The van der Waals surface area contributed by atoms with Crippen molar-refractivity contribution in [2.75, 3.05) is 7.11 Å². The summed E-state index contributed by atoms with van der Waals surface area (Å²) in [4.78, 5) is 0. The molecule has 0 heterocycles. The van der Waals surface area contributed by atoms with Crippen LogP contribution >= 0.6 is 0 Å². The number of hydrogen-bond donors (Lipinski definition) is 0. The summed E-state index contributed by atoms with van der Waals surface area (Å²) in [7, 11) is 1.35. The molecular weight excluding hydrogens is 143 g/mol. The monoisotopic (exact) mass is 154 g/mol. The van der Waals surface area contributed by atoms with Crippen molar-refractivity contribution < 1.29 is 9.13 Å². The van der Waals surface area contributed by atoms with Gasteiger partial charge in [0.1, 0.15) is 0 Å². The number of methoxy groups -OCH3 is 1. The van der Waals surface area contributed by atoms with Gasteiger partial charge in [-0.15, -0.1) is 0 Å². The van der Waals surface area contributed by atoms with Gasteiger partial charge in [-0.2, -0.15) is 0 Å². The number of benzene rings is 1. The highest BCUT2D eigenvalue weighted by Gasteiger charge is 2.23. The Morgan fingerprint density at radius 2 is 1.82 bits per heavy atom. The first kappa shape index (κ1) is 8.21. The van der Waals surface area contributed by atoms with Crippen molar-refractivity contribution in [2.45, 2.75) is 12.8 Å². The second kappa shape index (κ2) is 3.01. The summed E-state index contributed by atoms with van der Waals surface area (Å²) >= 11 is 0. The molecule has 1 atom stereocenters. The van der Waals surface area contributed by atoms with Crippen LogP contribution in [-0.4, -0.2) is 7.11 Å². The summed E-state index contributed by atoms with van der Waals surface area (Å²) in [6.45, 7) is 1.39. The van der Waals surface area contributed by atoms with Crippen LogP contribution in [0, 0.1) is 0 Å². The van der Waals surface area contributed by atoms with Crippen molar-refractivity contribution in [3.63, 3.8) is 0 Å². The smallest absolute Gasteiger partial charge is 0.232 e. The molecule has 0 aromatic heterocycles. The lowest BCUT2D eigenvalue weighted by Gasteiger charge is -2.18. The molecule has 1 rings (SSSR count). The molecule has 0 fully saturated rings. The molecule has 0 saturated carbocycles. The first-order valence-corrected chi connectivity index (χ1v) is 3.46. The largest absolute Gasteiger partial charge is 0.346 e. The molecule has 0 aliphatic carbocycles. The first-order valence-electron chi connectivity index (χ1n) is 3.46. The van der Waals surface area contributed by atoms with Gasteiger partial charge in [0, 0.05) is 12.7 Å². The molecule has 0 saturated heterocycles. The minimum Gasteiger partial charge on any atom is -0.346 e. The standard InChI is InChI=1S/C9H11FO/c1-9(10,11-2)8-6-4-3-5-7-8/h3-7H,1-2H3. The average molecular weight is 154 g/mol. The molecule has 0 bridgehead atoms. The summed E-state index contributed by atoms with van der Waals surface area (Å²) in [5.41, 5.74) is 0.544. The van der Waals surface area contributed by atoms with Crippen LogP contribution in [0.1, 0.15) is 12.5 Å². The second-order valence-corrected chi connectivity index (χ2v) is 2.49. The van der Waals surface area contributed by atoms with E-state index in [0.29, 0.717) is 5.56 Å². The fourth-order valence-electron chi connectivity index (χ4n) is 0.854. The van der Waals surface area contributed by atoms with Gasteiger partial charge in [-0.05, 0) is 6.92 Å². The van der Waals surface area contributed by atoms with E-state index in [0.717, 1.165) is 0 Å². The van der Waals surface area contributed by atoms with Crippen LogP contribution in [-0.2, 0) is 10.6 Å². The molecule has 2 heteroatoms. The number of alkyl halides is 1. The zero-order valence-electron chi connectivity index (χ0n) is 6.67. The fraction of sp³-hybridized carbons (Fsp3) is 0.333. The van der Waals surface area contributed by atoms with Crippen LogP contribution in [0.4, 0.5) is 4.39 Å². The molecule has 0 aliphatic heterocycles. The van der Waals surface area contributed by atoms with Crippen LogP contribution in [0.25, 0.3) is 0 Å². The Morgan fingerprint density at radius 1 is 1.27 bits per heavy atom. The lowest BCUT2D eigenvalue weighted by molar-refractivity contribution is -0.112. The predicted molar refractivity (Wildman–Crippen MR) is 41.9 cm³/mol. The first-order chi connectivity index (χ1) is 5.17. The quantitative estimate of drug-likeness (QED) is 0.635. The van der Waals surface area contributed by atoms with Crippen molar-refractivity contribution in [2.24, 2.45) is 0 Å². The zero-order valence-corrected chi connectivity index (χ0v) is 6.67. The van der Waals surface area contributed by atoms with E-state index in [9.17, 15) is 4.39 Å². The third-order valence-corrected chi connectivity index (χ3v) is 1.67. The van der Waals surface area contributed by atoms with Gasteiger partial charge in [-0.3, -0.25) is 0 Å². The van der Waals surface area contributed by atoms with Gasteiger partial charge in [-0.1, -0.05) is 30.3 Å². The van der Waals surface area contributed by atoms with E-state index in [2.05, 4.69) is 4.74 Å². The van der Waals surface area contributed by atoms with Gasteiger partial charge in [0.05, 0.1) is 0 Å². The van der Waals surface area contributed by atoms with E-state index in [4.69, 9.17) is 0 Å². The maximum atomic E-state index is 13.3. The molecule has 1 unspecified atom stereocenters. The Bertz CT molecular complexity index is 218. The lowest BCUT2D eigenvalue weighted by atomic mass is 10.1. The van der Waals surface area contributed by atoms with Gasteiger partial charge in [0.15, 0.2) is 0 Å². The Balaban J connectivity index is 2.93. The topological polar surface area (TPSA) is 9.23 Å². The summed E-state index contributed by atoms with van der Waals surface area (Å²) < 4.78 is 18.0. The average Bonchev–Trinajstić information content (AvgIpc) is 2.06. The molecule has 11 heavy (non-hydrogen) atoms. The molecule has 0 radical (unpaired) electrons. The number of halogens is 1. The molecule has 0 N–H and O–H groups in total. The third kappa shape index (κ3) is 1.77. The Morgan fingerprint density at radius 3 is 2.27 bits per heavy atom. The zero-order chi connectivity index (χ0) is 8.32. The maximum Gasteiger partial charge on any atom is 0.232 e. The Hall–Kier alpha value is -0.890. The summed E-state index contributed by atoms with van der Waals surface area (Å²) in [5, 5.41) is 0. The van der Waals surface area contributed by atoms with Crippen LogP contribution < -0.4 is 0 Å². The molecular formula is C9H11FO. The van der Waals surface area contributed by atoms with Crippen LogP contribution in [0.5, 0.6) is 0 Å². The van der Waals surface area contributed by atoms with Gasteiger partial charge in [-0.25, -0.2) is 4.39 Å². The van der Waals surface area contributed by atoms with E-state index < -0.39 is 5.85 Å². The van der Waals surface area contributed by atoms with E-state index in [1.807, 2.05) is 6.07 Å². The van der Waals surface area contributed by atoms with Crippen molar-refractivity contribution >= 4 is 0 Å². The number of hydrogen-bond acceptors (Lipinski definition) is 1. The predicted octanol–water partition coefficient (Wildman–Crippen LogP) is 2.48. The van der Waals surface area contributed by atoms with Crippen molar-refractivity contribution in [3.8, 4) is 0 Å². The molecule has 1 aromatic carbocycles. The van der Waals surface area contributed by atoms with E-state index >= 15 is 0 Å². The molecule has 0 amide bonds. The normalized spacial score (nSPS) is 15.9. The molecule has 1 nitrogen and oxygen atoms in total. The molecule has 0 spiro atoms. The Kier molecular flexibility index (Phi) is 2.25. The lowest BCUT2D eigenvalue weighted by Crippen LogP contribution is -2.16. The van der Waals surface area contributed by atoms with Gasteiger partial charge in [0.2, 0.25) is 5.85 Å². The summed E-state index contributed by atoms with van der Waals surface area (Å²) in [6.07, 6.45) is 0. The highest BCUT2D eigenvalue weighted by molar-refractivity contribution is 5.19.